The number of nitrogens with one attached hydrogen (secondary N) is 2. The fourth-order valence-corrected chi connectivity index (χ4v) is 2.96. The molecule has 2 rings (SSSR count). The number of aromatic nitrogens is 2. The van der Waals surface area contributed by atoms with Gasteiger partial charge in [0, 0.05) is 25.3 Å². The average molecular weight is 485 g/mol. The number of halogens is 1. The minimum atomic E-state index is 0. The van der Waals surface area contributed by atoms with Crippen molar-refractivity contribution in [2.45, 2.75) is 46.7 Å². The van der Waals surface area contributed by atoms with E-state index in [1.165, 1.54) is 11.3 Å². The van der Waals surface area contributed by atoms with Crippen LogP contribution in [0.2, 0.25) is 0 Å². The van der Waals surface area contributed by atoms with E-state index in [1.807, 2.05) is 29.9 Å². The summed E-state index contributed by atoms with van der Waals surface area (Å²) in [5.41, 5.74) is 4.73. The number of methoxy groups -OCH3 is 1. The van der Waals surface area contributed by atoms with E-state index in [1.54, 1.807) is 7.11 Å². The topological polar surface area (TPSA) is 63.5 Å². The monoisotopic (exact) mass is 485 g/mol. The molecule has 0 saturated carbocycles. The van der Waals surface area contributed by atoms with E-state index in [2.05, 4.69) is 49.5 Å². The Morgan fingerprint density at radius 3 is 2.67 bits per heavy atom. The van der Waals surface area contributed by atoms with Crippen molar-refractivity contribution in [1.82, 2.24) is 20.4 Å². The molecule has 0 aliphatic rings. The molecule has 1 aromatic heterocycles. The van der Waals surface area contributed by atoms with Crippen molar-refractivity contribution in [3.8, 4) is 5.75 Å². The summed E-state index contributed by atoms with van der Waals surface area (Å²) in [6, 6.07) is 8.25. The molecular weight excluding hydrogens is 453 g/mol. The molecule has 2 aromatic rings. The van der Waals surface area contributed by atoms with Crippen LogP contribution in [0.5, 0.6) is 5.75 Å². The van der Waals surface area contributed by atoms with E-state index < -0.39 is 0 Å². The van der Waals surface area contributed by atoms with Crippen molar-refractivity contribution < 1.29 is 4.74 Å². The van der Waals surface area contributed by atoms with Gasteiger partial charge in [-0.05, 0) is 57.4 Å². The van der Waals surface area contributed by atoms with Crippen LogP contribution in [0.1, 0.15) is 36.4 Å². The van der Waals surface area contributed by atoms with Crippen LogP contribution >= 0.6 is 24.0 Å². The zero-order valence-electron chi connectivity index (χ0n) is 17.2. The van der Waals surface area contributed by atoms with E-state index in [0.29, 0.717) is 6.54 Å². The highest BCUT2D eigenvalue weighted by Crippen LogP contribution is 2.15. The highest BCUT2D eigenvalue weighted by atomic mass is 127. The SMILES string of the molecule is CCNC(=NCc1cccc(OC)c1)NC(C)Cc1c(C)nn(C)c1C.I. The Labute approximate surface area is 179 Å². The Morgan fingerprint density at radius 2 is 2.07 bits per heavy atom. The Hall–Kier alpha value is -1.77. The van der Waals surface area contributed by atoms with Gasteiger partial charge in [0.05, 0.1) is 19.3 Å². The maximum Gasteiger partial charge on any atom is 0.191 e. The average Bonchev–Trinajstić information content (AvgIpc) is 2.86. The molecule has 150 valence electrons. The molecular formula is C20H32IN5O. The number of benzene rings is 1. The van der Waals surface area contributed by atoms with Gasteiger partial charge in [-0.2, -0.15) is 5.10 Å². The lowest BCUT2D eigenvalue weighted by Crippen LogP contribution is -2.43. The summed E-state index contributed by atoms with van der Waals surface area (Å²) < 4.78 is 7.22. The molecule has 0 bridgehead atoms. The van der Waals surface area contributed by atoms with Gasteiger partial charge in [-0.25, -0.2) is 4.99 Å². The number of guanidine groups is 1. The number of rotatable bonds is 7. The van der Waals surface area contributed by atoms with E-state index >= 15 is 0 Å². The third kappa shape index (κ3) is 6.71. The first-order valence-corrected chi connectivity index (χ1v) is 9.11. The Morgan fingerprint density at radius 1 is 1.33 bits per heavy atom. The number of aliphatic imine (C=N–C) groups is 1. The number of ether oxygens (including phenoxy) is 1. The molecule has 0 aliphatic carbocycles. The van der Waals surface area contributed by atoms with Crippen LogP contribution in [0.15, 0.2) is 29.3 Å². The van der Waals surface area contributed by atoms with Gasteiger partial charge in [-0.15, -0.1) is 24.0 Å². The zero-order chi connectivity index (χ0) is 19.1. The third-order valence-corrected chi connectivity index (χ3v) is 4.45. The van der Waals surface area contributed by atoms with Gasteiger partial charge in [-0.3, -0.25) is 4.68 Å². The largest absolute Gasteiger partial charge is 0.497 e. The number of hydrogen-bond acceptors (Lipinski definition) is 3. The predicted octanol–water partition coefficient (Wildman–Crippen LogP) is 3.35. The molecule has 1 atom stereocenters. The van der Waals surface area contributed by atoms with Crippen molar-refractivity contribution >= 4 is 29.9 Å². The predicted molar refractivity (Wildman–Crippen MR) is 122 cm³/mol. The molecule has 0 saturated heterocycles. The van der Waals surface area contributed by atoms with Crippen LogP contribution < -0.4 is 15.4 Å². The Balaban J connectivity index is 0.00000364. The molecule has 2 N–H and O–H groups in total. The lowest BCUT2D eigenvalue weighted by atomic mass is 10.1. The highest BCUT2D eigenvalue weighted by molar-refractivity contribution is 14.0. The van der Waals surface area contributed by atoms with Crippen molar-refractivity contribution in [2.24, 2.45) is 12.0 Å². The maximum absolute atomic E-state index is 5.28. The van der Waals surface area contributed by atoms with Gasteiger partial charge in [0.25, 0.3) is 0 Å². The van der Waals surface area contributed by atoms with Crippen molar-refractivity contribution in [3.05, 3.63) is 46.8 Å². The van der Waals surface area contributed by atoms with Gasteiger partial charge >= 0.3 is 0 Å². The first-order chi connectivity index (χ1) is 12.4. The van der Waals surface area contributed by atoms with Crippen LogP contribution in [0, 0.1) is 13.8 Å². The van der Waals surface area contributed by atoms with Crippen LogP contribution in [-0.2, 0) is 20.0 Å². The highest BCUT2D eigenvalue weighted by Gasteiger charge is 2.14. The van der Waals surface area contributed by atoms with Gasteiger partial charge < -0.3 is 15.4 Å². The lowest BCUT2D eigenvalue weighted by molar-refractivity contribution is 0.414. The molecule has 0 amide bonds. The lowest BCUT2D eigenvalue weighted by Gasteiger charge is -2.18. The van der Waals surface area contributed by atoms with Crippen LogP contribution in [-0.4, -0.2) is 35.4 Å². The summed E-state index contributed by atoms with van der Waals surface area (Å²) in [7, 11) is 3.67. The van der Waals surface area contributed by atoms with Gasteiger partial charge in [0.1, 0.15) is 5.75 Å². The van der Waals surface area contributed by atoms with Gasteiger partial charge in [-0.1, -0.05) is 12.1 Å². The molecule has 1 heterocycles. The van der Waals surface area contributed by atoms with Crippen molar-refractivity contribution in [3.63, 3.8) is 0 Å². The van der Waals surface area contributed by atoms with Gasteiger partial charge in [0.2, 0.25) is 0 Å². The summed E-state index contributed by atoms with van der Waals surface area (Å²) in [6.45, 7) is 9.85. The molecule has 0 fully saturated rings. The maximum atomic E-state index is 5.28. The minimum Gasteiger partial charge on any atom is -0.497 e. The molecule has 0 radical (unpaired) electrons. The van der Waals surface area contributed by atoms with E-state index in [4.69, 9.17) is 9.73 Å². The first kappa shape index (κ1) is 23.3. The molecule has 7 heteroatoms. The zero-order valence-corrected chi connectivity index (χ0v) is 19.5. The molecule has 1 aromatic carbocycles. The summed E-state index contributed by atoms with van der Waals surface area (Å²) in [5.74, 6) is 1.67. The summed E-state index contributed by atoms with van der Waals surface area (Å²) >= 11 is 0. The minimum absolute atomic E-state index is 0. The Kier molecular flexibility index (Phi) is 9.62. The Bertz CT molecular complexity index is 757. The normalized spacial score (nSPS) is 12.3. The van der Waals surface area contributed by atoms with E-state index in [-0.39, 0.29) is 30.0 Å². The molecule has 6 nitrogen and oxygen atoms in total. The standard InChI is InChI=1S/C20H31N5O.HI/c1-7-21-20(22-13-17-9-8-10-18(12-17)26-6)23-14(2)11-19-15(3)24-25(5)16(19)4;/h8-10,12,14H,7,11,13H2,1-6H3,(H2,21,22,23);1H. The second-order valence-corrected chi connectivity index (χ2v) is 6.57. The quantitative estimate of drug-likeness (QED) is 0.359. The summed E-state index contributed by atoms with van der Waals surface area (Å²) in [6.07, 6.45) is 0.912. The van der Waals surface area contributed by atoms with Gasteiger partial charge in [0.15, 0.2) is 5.96 Å². The van der Waals surface area contributed by atoms with E-state index in [9.17, 15) is 0 Å². The smallest absolute Gasteiger partial charge is 0.191 e. The fraction of sp³-hybridized carbons (Fsp3) is 0.500. The summed E-state index contributed by atoms with van der Waals surface area (Å²) in [5, 5.41) is 11.3. The molecule has 0 spiro atoms. The van der Waals surface area contributed by atoms with Crippen molar-refractivity contribution in [1.29, 1.82) is 0 Å². The van der Waals surface area contributed by atoms with E-state index in [0.717, 1.165) is 35.9 Å². The second-order valence-electron chi connectivity index (χ2n) is 6.57. The van der Waals surface area contributed by atoms with Crippen LogP contribution in [0.4, 0.5) is 0 Å². The fourth-order valence-electron chi connectivity index (χ4n) is 2.96. The number of nitrogens with zero attached hydrogens (tertiary/aromatic N) is 3. The summed E-state index contributed by atoms with van der Waals surface area (Å²) in [4.78, 5) is 4.71. The molecule has 27 heavy (non-hydrogen) atoms. The molecule has 1 unspecified atom stereocenters. The number of aryl methyl sites for hydroxylation is 2. The third-order valence-electron chi connectivity index (χ3n) is 4.45. The van der Waals surface area contributed by atoms with Crippen molar-refractivity contribution in [2.75, 3.05) is 13.7 Å². The molecule has 0 aliphatic heterocycles. The van der Waals surface area contributed by atoms with Crippen LogP contribution in [0.25, 0.3) is 0 Å². The number of hydrogen-bond donors (Lipinski definition) is 2. The second kappa shape index (κ2) is 11.2. The first-order valence-electron chi connectivity index (χ1n) is 9.11. The van der Waals surface area contributed by atoms with Crippen LogP contribution in [0.3, 0.4) is 0 Å².